The minimum Gasteiger partial charge on any atom is -0.396 e. The standard InChI is InChI=1S/C9H15NOS/c1-6-5-9(12-7(6)2)8(10)3-4-11/h5,8,11H,3-4,10H2,1-2H3/t8-/m1/s1. The third-order valence-electron chi connectivity index (χ3n) is 1.99. The Labute approximate surface area is 77.0 Å². The molecule has 0 aliphatic carbocycles. The van der Waals surface area contributed by atoms with Gasteiger partial charge in [-0.25, -0.2) is 0 Å². The van der Waals surface area contributed by atoms with Gasteiger partial charge in [0.2, 0.25) is 0 Å². The van der Waals surface area contributed by atoms with Crippen LogP contribution in [0.4, 0.5) is 0 Å². The van der Waals surface area contributed by atoms with E-state index in [4.69, 9.17) is 10.8 Å². The first-order valence-corrected chi connectivity index (χ1v) is 4.90. The summed E-state index contributed by atoms with van der Waals surface area (Å²) in [5.41, 5.74) is 7.13. The molecule has 0 bridgehead atoms. The largest absolute Gasteiger partial charge is 0.396 e. The smallest absolute Gasteiger partial charge is 0.0449 e. The maximum Gasteiger partial charge on any atom is 0.0449 e. The molecule has 0 spiro atoms. The van der Waals surface area contributed by atoms with Crippen LogP contribution in [0.2, 0.25) is 0 Å². The summed E-state index contributed by atoms with van der Waals surface area (Å²) in [4.78, 5) is 2.50. The fraction of sp³-hybridized carbons (Fsp3) is 0.556. The zero-order chi connectivity index (χ0) is 9.14. The molecular formula is C9H15NOS. The molecule has 0 amide bonds. The number of hydrogen-bond acceptors (Lipinski definition) is 3. The Bertz CT molecular complexity index is 238. The highest BCUT2D eigenvalue weighted by atomic mass is 32.1. The summed E-state index contributed by atoms with van der Waals surface area (Å²) in [5, 5.41) is 8.70. The summed E-state index contributed by atoms with van der Waals surface area (Å²) in [6.45, 7) is 4.34. The summed E-state index contributed by atoms with van der Waals surface area (Å²) < 4.78 is 0. The SMILES string of the molecule is Cc1cc([C@H](N)CCO)sc1C. The third kappa shape index (κ3) is 2.06. The van der Waals surface area contributed by atoms with Gasteiger partial charge in [0.25, 0.3) is 0 Å². The molecule has 3 N–H and O–H groups in total. The van der Waals surface area contributed by atoms with Crippen LogP contribution in [0.15, 0.2) is 6.07 Å². The Hall–Kier alpha value is -0.380. The molecule has 1 aromatic heterocycles. The van der Waals surface area contributed by atoms with Crippen molar-refractivity contribution < 1.29 is 5.11 Å². The van der Waals surface area contributed by atoms with E-state index >= 15 is 0 Å². The molecule has 2 nitrogen and oxygen atoms in total. The Morgan fingerprint density at radius 1 is 1.58 bits per heavy atom. The fourth-order valence-corrected chi connectivity index (χ4v) is 2.14. The van der Waals surface area contributed by atoms with Crippen LogP contribution in [0.25, 0.3) is 0 Å². The van der Waals surface area contributed by atoms with Gasteiger partial charge in [0.15, 0.2) is 0 Å². The van der Waals surface area contributed by atoms with E-state index in [-0.39, 0.29) is 12.6 Å². The Morgan fingerprint density at radius 2 is 2.25 bits per heavy atom. The molecule has 0 fully saturated rings. The molecule has 1 heterocycles. The summed E-state index contributed by atoms with van der Waals surface area (Å²) in [6, 6.07) is 2.12. The Morgan fingerprint density at radius 3 is 2.67 bits per heavy atom. The minimum atomic E-state index is 0.00685. The van der Waals surface area contributed by atoms with E-state index < -0.39 is 0 Å². The van der Waals surface area contributed by atoms with Crippen molar-refractivity contribution in [3.05, 3.63) is 21.4 Å². The van der Waals surface area contributed by atoms with Crippen LogP contribution in [0, 0.1) is 13.8 Å². The highest BCUT2D eigenvalue weighted by molar-refractivity contribution is 7.12. The molecule has 12 heavy (non-hydrogen) atoms. The molecule has 1 atom stereocenters. The second kappa shape index (κ2) is 4.03. The number of rotatable bonds is 3. The van der Waals surface area contributed by atoms with Crippen molar-refractivity contribution in [1.29, 1.82) is 0 Å². The van der Waals surface area contributed by atoms with E-state index in [1.165, 1.54) is 15.3 Å². The Kier molecular flexibility index (Phi) is 3.26. The maximum atomic E-state index is 8.70. The van der Waals surface area contributed by atoms with E-state index in [0.29, 0.717) is 6.42 Å². The van der Waals surface area contributed by atoms with Gasteiger partial charge in [0, 0.05) is 22.4 Å². The van der Waals surface area contributed by atoms with Gasteiger partial charge >= 0.3 is 0 Å². The van der Waals surface area contributed by atoms with E-state index in [9.17, 15) is 0 Å². The first-order valence-electron chi connectivity index (χ1n) is 4.08. The van der Waals surface area contributed by atoms with E-state index in [1.54, 1.807) is 11.3 Å². The maximum absolute atomic E-state index is 8.70. The average molecular weight is 185 g/mol. The van der Waals surface area contributed by atoms with Crippen molar-refractivity contribution in [3.63, 3.8) is 0 Å². The van der Waals surface area contributed by atoms with Crippen molar-refractivity contribution in [2.45, 2.75) is 26.3 Å². The molecule has 0 radical (unpaired) electrons. The molecule has 0 aliphatic rings. The monoisotopic (exact) mass is 185 g/mol. The van der Waals surface area contributed by atoms with Gasteiger partial charge < -0.3 is 10.8 Å². The summed E-state index contributed by atoms with van der Waals surface area (Å²) in [6.07, 6.45) is 0.652. The van der Waals surface area contributed by atoms with Crippen LogP contribution in [-0.2, 0) is 0 Å². The molecule has 1 rings (SSSR count). The van der Waals surface area contributed by atoms with Gasteiger partial charge in [-0.15, -0.1) is 11.3 Å². The van der Waals surface area contributed by atoms with Gasteiger partial charge in [0.1, 0.15) is 0 Å². The first kappa shape index (κ1) is 9.71. The van der Waals surface area contributed by atoms with Gasteiger partial charge in [-0.05, 0) is 31.9 Å². The van der Waals surface area contributed by atoms with Crippen LogP contribution in [0.5, 0.6) is 0 Å². The molecule has 0 saturated carbocycles. The molecular weight excluding hydrogens is 170 g/mol. The van der Waals surface area contributed by atoms with Gasteiger partial charge in [-0.1, -0.05) is 0 Å². The summed E-state index contributed by atoms with van der Waals surface area (Å²) in [5.74, 6) is 0. The summed E-state index contributed by atoms with van der Waals surface area (Å²) >= 11 is 1.73. The minimum absolute atomic E-state index is 0.00685. The molecule has 68 valence electrons. The van der Waals surface area contributed by atoms with E-state index in [1.807, 2.05) is 0 Å². The fourth-order valence-electron chi connectivity index (χ4n) is 1.07. The molecule has 0 saturated heterocycles. The first-order chi connectivity index (χ1) is 5.65. The highest BCUT2D eigenvalue weighted by Crippen LogP contribution is 2.26. The molecule has 0 aliphatic heterocycles. The highest BCUT2D eigenvalue weighted by Gasteiger charge is 2.08. The third-order valence-corrected chi connectivity index (χ3v) is 3.28. The number of thiophene rings is 1. The number of aliphatic hydroxyl groups is 1. The molecule has 0 unspecified atom stereocenters. The lowest BCUT2D eigenvalue weighted by atomic mass is 10.1. The molecule has 3 heteroatoms. The lowest BCUT2D eigenvalue weighted by Gasteiger charge is -2.05. The van der Waals surface area contributed by atoms with Gasteiger partial charge in [-0.2, -0.15) is 0 Å². The summed E-state index contributed by atoms with van der Waals surface area (Å²) in [7, 11) is 0. The van der Waals surface area contributed by atoms with Crippen molar-refractivity contribution >= 4 is 11.3 Å². The normalized spacial score (nSPS) is 13.3. The zero-order valence-corrected chi connectivity index (χ0v) is 8.32. The van der Waals surface area contributed by atoms with Crippen molar-refractivity contribution in [2.75, 3.05) is 6.61 Å². The predicted molar refractivity (Wildman–Crippen MR) is 52.4 cm³/mol. The molecule has 1 aromatic rings. The van der Waals surface area contributed by atoms with Crippen LogP contribution in [0.1, 0.15) is 27.8 Å². The van der Waals surface area contributed by atoms with Crippen molar-refractivity contribution in [3.8, 4) is 0 Å². The van der Waals surface area contributed by atoms with E-state index in [0.717, 1.165) is 0 Å². The number of aliphatic hydroxyl groups excluding tert-OH is 1. The average Bonchev–Trinajstić information content (AvgIpc) is 2.33. The van der Waals surface area contributed by atoms with Crippen LogP contribution < -0.4 is 5.73 Å². The van der Waals surface area contributed by atoms with Crippen LogP contribution in [-0.4, -0.2) is 11.7 Å². The van der Waals surface area contributed by atoms with Crippen LogP contribution >= 0.6 is 11.3 Å². The zero-order valence-electron chi connectivity index (χ0n) is 7.50. The second-order valence-corrected chi connectivity index (χ2v) is 4.29. The van der Waals surface area contributed by atoms with Crippen molar-refractivity contribution in [2.24, 2.45) is 5.73 Å². The molecule has 0 aromatic carbocycles. The van der Waals surface area contributed by atoms with Gasteiger partial charge in [0.05, 0.1) is 0 Å². The lowest BCUT2D eigenvalue weighted by molar-refractivity contribution is 0.277. The second-order valence-electron chi connectivity index (χ2n) is 3.01. The van der Waals surface area contributed by atoms with Crippen molar-refractivity contribution in [1.82, 2.24) is 0 Å². The Balaban J connectivity index is 2.74. The van der Waals surface area contributed by atoms with Gasteiger partial charge in [-0.3, -0.25) is 0 Å². The quantitative estimate of drug-likeness (QED) is 0.753. The number of nitrogens with two attached hydrogens (primary N) is 1. The number of hydrogen-bond donors (Lipinski definition) is 2. The van der Waals surface area contributed by atoms with Crippen LogP contribution in [0.3, 0.4) is 0 Å². The predicted octanol–water partition coefficient (Wildman–Crippen LogP) is 1.75. The van der Waals surface area contributed by atoms with E-state index in [2.05, 4.69) is 19.9 Å². The lowest BCUT2D eigenvalue weighted by Crippen LogP contribution is -2.09. The topological polar surface area (TPSA) is 46.2 Å². The number of aryl methyl sites for hydroxylation is 2.